The largest absolute Gasteiger partial charge is 0.495 e. The van der Waals surface area contributed by atoms with Gasteiger partial charge in [-0.2, -0.15) is 0 Å². The molecule has 466 valence electrons. The second kappa shape index (κ2) is 29.2. The molecule has 6 N–H and O–H groups in total. The number of methoxy groups -OCH3 is 2. The highest BCUT2D eigenvalue weighted by Gasteiger charge is 2.64. The number of ketones is 1. The Labute approximate surface area is 512 Å². The number of carbonyl (C=O) groups excluding carboxylic acids is 8. The van der Waals surface area contributed by atoms with Gasteiger partial charge in [0.1, 0.15) is 40.3 Å². The number of anilines is 2. The first-order valence-corrected chi connectivity index (χ1v) is 30.2. The maximum Gasteiger partial charge on any atom is 0.412 e. The van der Waals surface area contributed by atoms with Crippen LogP contribution in [0.2, 0.25) is 5.02 Å². The fourth-order valence-electron chi connectivity index (χ4n) is 11.9. The molecule has 3 saturated heterocycles. The van der Waals surface area contributed by atoms with E-state index in [1.54, 1.807) is 76.4 Å². The number of pyridine rings is 1. The zero-order valence-electron chi connectivity index (χ0n) is 50.5. The third kappa shape index (κ3) is 16.4. The zero-order chi connectivity index (χ0) is 62.8. The van der Waals surface area contributed by atoms with E-state index in [1.165, 1.54) is 30.2 Å². The molecular formula is C63H82ClN7O14S. The number of carbonyl (C=O) groups is 8. The summed E-state index contributed by atoms with van der Waals surface area (Å²) in [6.07, 6.45) is 5.41. The number of halogens is 1. The van der Waals surface area contributed by atoms with E-state index >= 15 is 0 Å². The topological polar surface area (TPSA) is 288 Å². The molecule has 21 nitrogen and oxygen atoms in total. The number of nitrogens with one attached hydrogen (secondary N) is 3. The van der Waals surface area contributed by atoms with Crippen molar-refractivity contribution in [2.75, 3.05) is 44.6 Å². The number of fused-ring (bicyclic) bond motifs is 6. The number of unbranched alkanes of at least 4 members (excludes halogenated alkanes) is 2. The number of likely N-dealkylation sites (tertiary alicyclic amines) is 1. The molecule has 7 amide bonds. The second-order valence-corrected chi connectivity index (χ2v) is 24.8. The molecule has 3 fully saturated rings. The Bertz CT molecular complexity index is 3140. The molecule has 0 saturated carbocycles. The number of hydrogen-bond donors (Lipinski definition) is 5. The molecule has 5 heterocycles. The van der Waals surface area contributed by atoms with Gasteiger partial charge in [-0.05, 0) is 105 Å². The van der Waals surface area contributed by atoms with Gasteiger partial charge in [0, 0.05) is 75.8 Å². The van der Waals surface area contributed by atoms with Gasteiger partial charge < -0.3 is 50.1 Å². The monoisotopic (exact) mass is 1230 g/mol. The molecule has 3 aromatic rings. The van der Waals surface area contributed by atoms with Gasteiger partial charge in [-0.15, -0.1) is 0 Å². The van der Waals surface area contributed by atoms with Gasteiger partial charge in [0.05, 0.1) is 49.0 Å². The minimum absolute atomic E-state index is 0.00235. The lowest BCUT2D eigenvalue weighted by Crippen LogP contribution is -2.53. The summed E-state index contributed by atoms with van der Waals surface area (Å²) in [5, 5.41) is 21.1. The number of Topliss-reactive ketones (excluding diaryl/α,β-unsaturated/α-hetero) is 1. The van der Waals surface area contributed by atoms with Crippen LogP contribution in [0.25, 0.3) is 10.9 Å². The molecule has 1 aromatic heterocycles. The van der Waals surface area contributed by atoms with Gasteiger partial charge in [-0.25, -0.2) is 9.59 Å². The minimum Gasteiger partial charge on any atom is -0.495 e. The number of primary amides is 1. The summed E-state index contributed by atoms with van der Waals surface area (Å²) in [5.41, 5.74) is 5.45. The summed E-state index contributed by atoms with van der Waals surface area (Å²) in [4.78, 5) is 115. The lowest BCUT2D eigenvalue weighted by Gasteiger charge is -2.41. The van der Waals surface area contributed by atoms with Crippen LogP contribution in [0, 0.1) is 23.7 Å². The Kier molecular flexibility index (Phi) is 22.7. The Morgan fingerprint density at radius 1 is 1.02 bits per heavy atom. The summed E-state index contributed by atoms with van der Waals surface area (Å²) in [6, 6.07) is 8.54. The van der Waals surface area contributed by atoms with Crippen LogP contribution in [-0.4, -0.2) is 143 Å². The van der Waals surface area contributed by atoms with Gasteiger partial charge in [0.15, 0.2) is 5.78 Å². The van der Waals surface area contributed by atoms with E-state index < -0.39 is 83.9 Å². The van der Waals surface area contributed by atoms with E-state index in [2.05, 4.69) is 20.9 Å². The molecule has 0 spiro atoms. The quantitative estimate of drug-likeness (QED) is 0.0208. The predicted molar refractivity (Wildman–Crippen MR) is 328 cm³/mol. The van der Waals surface area contributed by atoms with Crippen LogP contribution in [0.3, 0.4) is 0 Å². The van der Waals surface area contributed by atoms with E-state index in [0.29, 0.717) is 71.4 Å². The van der Waals surface area contributed by atoms with Crippen molar-refractivity contribution >= 4 is 98.5 Å². The molecule has 86 heavy (non-hydrogen) atoms. The summed E-state index contributed by atoms with van der Waals surface area (Å²) < 4.78 is 29.9. The molecule has 7 rings (SSSR count). The van der Waals surface area contributed by atoms with Crippen LogP contribution in [0.1, 0.15) is 123 Å². The van der Waals surface area contributed by atoms with Crippen molar-refractivity contribution in [3.8, 4) is 5.75 Å². The Morgan fingerprint density at radius 3 is 2.47 bits per heavy atom. The van der Waals surface area contributed by atoms with Crippen molar-refractivity contribution in [3.63, 3.8) is 0 Å². The molecule has 1 unspecified atom stereocenters. The Balaban J connectivity index is 1.09. The highest BCUT2D eigenvalue weighted by molar-refractivity contribution is 7.80. The highest BCUT2D eigenvalue weighted by atomic mass is 35.5. The van der Waals surface area contributed by atoms with Crippen molar-refractivity contribution in [2.24, 2.45) is 29.4 Å². The van der Waals surface area contributed by atoms with Gasteiger partial charge in [-0.1, -0.05) is 93.9 Å². The molecule has 4 bridgehead atoms. The van der Waals surface area contributed by atoms with Crippen LogP contribution in [0.5, 0.6) is 5.75 Å². The van der Waals surface area contributed by atoms with E-state index in [0.717, 1.165) is 24.0 Å². The Morgan fingerprint density at radius 2 is 1.78 bits per heavy atom. The third-order valence-corrected chi connectivity index (χ3v) is 17.7. The van der Waals surface area contributed by atoms with Gasteiger partial charge in [0.25, 0.3) is 0 Å². The Hall–Kier alpha value is -6.85. The standard InChI is InChI=1S/C63H82ClN7O14S/c1-35(2)43(31-41(86)17-11-10-12-25-71-53(74)27-37(4)59(71)77)58(76)68-44(19-15-24-67-60(65)78)47(72)30-40-21-22-45(56-42(40)18-14-23-66-56)69-61(79)84-51-32-52(73)70(7)46-28-39(29-48(81-8)55(46)64)26-36(3)16-13-20-50(82-9)63(80)33-49(83-54(75)34-63)38(5)57-62(51,6)85-57/h13-14,16,18,20-23,28-29,35,37-38,43-44,49-51,57,80H,10-12,15,17,19,24-27,30-34H2,1-9H3,(H,68,76)(H,69,79)(H3,65,67,78)/b20-13+,36-16+/t37?,38-,43+,44+,49+,50-,51+,57+,62+,63-/m1/s1. The molecular weight excluding hydrogens is 1150 g/mol. The van der Waals surface area contributed by atoms with Crippen LogP contribution >= 0.6 is 23.8 Å². The number of urea groups is 1. The first-order chi connectivity index (χ1) is 40.8. The van der Waals surface area contributed by atoms with Gasteiger partial charge in [-0.3, -0.25) is 44.0 Å². The van der Waals surface area contributed by atoms with Crippen molar-refractivity contribution in [2.45, 2.75) is 167 Å². The van der Waals surface area contributed by atoms with Crippen LogP contribution in [-0.2, 0) is 60.6 Å². The molecule has 0 aliphatic carbocycles. The molecule has 2 aromatic carbocycles. The van der Waals surface area contributed by atoms with E-state index in [9.17, 15) is 43.5 Å². The summed E-state index contributed by atoms with van der Waals surface area (Å²) >= 11 is 12.7. The number of thiocarbonyl (C=S) groups is 1. The number of esters is 1. The average Bonchev–Trinajstić information content (AvgIpc) is 1.60. The lowest BCUT2D eigenvalue weighted by atomic mass is 9.78. The highest BCUT2D eigenvalue weighted by Crippen LogP contribution is 2.50. The van der Waals surface area contributed by atoms with Crippen LogP contribution in [0.15, 0.2) is 66.4 Å². The SMILES string of the molecule is COc1cc2cc(c1Cl)N(C)C(=O)C[C@H](OC(=O)Nc1ccc(CC(=O)[C@H](CCCNC(N)=O)NC(=O)[C@@H](CC(=S)CCCCCN3C(=O)CC(C)C3=O)C(C)C)c3cccnc13)[C@]1(C)O[C@H]1[C@H](C)[C@@H]1C[C@@](O)(CC(=O)O1)[C@H](OC)/C=C/C=C(\C)C2. The van der Waals surface area contributed by atoms with E-state index in [-0.39, 0.29) is 84.7 Å². The number of nitrogens with zero attached hydrogens (tertiary/aromatic N) is 3. The molecule has 0 radical (unpaired) electrons. The fourth-order valence-corrected chi connectivity index (χ4v) is 12.5. The molecule has 10 atom stereocenters. The number of benzene rings is 2. The van der Waals surface area contributed by atoms with E-state index in [4.69, 9.17) is 53.2 Å². The smallest absolute Gasteiger partial charge is 0.412 e. The normalized spacial score (nSPS) is 26.0. The van der Waals surface area contributed by atoms with Gasteiger partial charge in [0.2, 0.25) is 23.6 Å². The summed E-state index contributed by atoms with van der Waals surface area (Å²) in [7, 11) is 4.49. The predicted octanol–water partition coefficient (Wildman–Crippen LogP) is 8.20. The number of nitrogens with two attached hydrogens (primary N) is 1. The number of aliphatic hydroxyl groups is 1. The number of imide groups is 1. The number of rotatable bonds is 22. The van der Waals surface area contributed by atoms with Crippen LogP contribution < -0.4 is 31.3 Å². The zero-order valence-corrected chi connectivity index (χ0v) is 52.1. The molecule has 4 aliphatic heterocycles. The molecule has 23 heteroatoms. The fraction of sp³-hybridized carbons (Fsp3) is 0.556. The lowest BCUT2D eigenvalue weighted by molar-refractivity contribution is -0.187. The number of epoxide rings is 1. The maximum atomic E-state index is 14.6. The van der Waals surface area contributed by atoms with Crippen molar-refractivity contribution < 1.29 is 67.1 Å². The molecule has 4 aliphatic rings. The maximum absolute atomic E-state index is 14.6. The minimum atomic E-state index is -1.65. The van der Waals surface area contributed by atoms with Crippen molar-refractivity contribution in [1.29, 1.82) is 0 Å². The number of amides is 7. The number of ether oxygens (including phenoxy) is 5. The number of hydrogen-bond acceptors (Lipinski definition) is 16. The number of aromatic nitrogens is 1. The first-order valence-electron chi connectivity index (χ1n) is 29.4. The average molecular weight is 1230 g/mol. The number of allylic oxidation sites excluding steroid dienone is 3. The third-order valence-electron chi connectivity index (χ3n) is 17.0. The van der Waals surface area contributed by atoms with Crippen molar-refractivity contribution in [1.82, 2.24) is 20.5 Å². The van der Waals surface area contributed by atoms with Crippen LogP contribution in [0.4, 0.5) is 21.0 Å². The van der Waals surface area contributed by atoms with E-state index in [1.807, 2.05) is 26.8 Å². The summed E-state index contributed by atoms with van der Waals surface area (Å²) in [5.74, 6) is -3.31. The first kappa shape index (κ1) is 66.7. The van der Waals surface area contributed by atoms with Gasteiger partial charge >= 0.3 is 18.1 Å². The summed E-state index contributed by atoms with van der Waals surface area (Å²) in [6.45, 7) is 11.5. The van der Waals surface area contributed by atoms with Crippen molar-refractivity contribution in [3.05, 3.63) is 82.5 Å². The second-order valence-electron chi connectivity index (χ2n) is 23.8.